The zero-order valence-electron chi connectivity index (χ0n) is 13.6. The first-order chi connectivity index (χ1) is 11.7. The number of fused-ring (bicyclic) bond motifs is 1. The Morgan fingerprint density at radius 1 is 1.29 bits per heavy atom. The van der Waals surface area contributed by atoms with Gasteiger partial charge in [-0.05, 0) is 49.6 Å². The summed E-state index contributed by atoms with van der Waals surface area (Å²) < 4.78 is 2.04. The fraction of sp³-hybridized carbons (Fsp3) is 0.263. The Morgan fingerprint density at radius 2 is 2.17 bits per heavy atom. The molecule has 5 heteroatoms. The van der Waals surface area contributed by atoms with Crippen LogP contribution in [0.1, 0.15) is 24.1 Å². The van der Waals surface area contributed by atoms with Crippen molar-refractivity contribution in [3.05, 3.63) is 66.1 Å². The van der Waals surface area contributed by atoms with E-state index < -0.39 is 0 Å². The number of urea groups is 1. The minimum atomic E-state index is -0.0472. The first-order valence-electron chi connectivity index (χ1n) is 8.26. The molecule has 0 atom stereocenters. The number of aryl methyl sites for hydroxylation is 1. The zero-order valence-corrected chi connectivity index (χ0v) is 13.6. The van der Waals surface area contributed by atoms with Gasteiger partial charge in [0, 0.05) is 17.9 Å². The highest BCUT2D eigenvalue weighted by Crippen LogP contribution is 2.29. The van der Waals surface area contributed by atoms with Crippen LogP contribution >= 0.6 is 0 Å². The molecule has 0 spiro atoms. The second-order valence-corrected chi connectivity index (χ2v) is 6.34. The molecule has 0 aliphatic heterocycles. The van der Waals surface area contributed by atoms with Crippen molar-refractivity contribution < 1.29 is 4.79 Å². The number of imidazole rings is 1. The van der Waals surface area contributed by atoms with E-state index in [9.17, 15) is 4.79 Å². The maximum atomic E-state index is 12.8. The molecule has 122 valence electrons. The third-order valence-electron chi connectivity index (χ3n) is 4.34. The number of carbonyl (C=O) groups is 1. The van der Waals surface area contributed by atoms with Crippen LogP contribution in [0.15, 0.2) is 54.9 Å². The first kappa shape index (κ1) is 14.8. The molecule has 1 fully saturated rings. The van der Waals surface area contributed by atoms with Crippen LogP contribution < -0.4 is 5.32 Å². The average Bonchev–Trinajstić information content (AvgIpc) is 3.33. The second kappa shape index (κ2) is 6.00. The van der Waals surface area contributed by atoms with E-state index in [0.29, 0.717) is 12.6 Å². The van der Waals surface area contributed by atoms with E-state index >= 15 is 0 Å². The van der Waals surface area contributed by atoms with E-state index in [1.807, 2.05) is 71.1 Å². The first-order valence-corrected chi connectivity index (χ1v) is 8.26. The SMILES string of the molecule is Cc1cccc(NC(=O)N(Cc2cnc3ccccn23)C2CC2)c1. The van der Waals surface area contributed by atoms with E-state index in [2.05, 4.69) is 10.3 Å². The lowest BCUT2D eigenvalue weighted by Crippen LogP contribution is -2.36. The van der Waals surface area contributed by atoms with Crippen LogP contribution in [0.3, 0.4) is 0 Å². The summed E-state index contributed by atoms with van der Waals surface area (Å²) in [7, 11) is 0. The van der Waals surface area contributed by atoms with Crippen LogP contribution in [-0.2, 0) is 6.54 Å². The summed E-state index contributed by atoms with van der Waals surface area (Å²) in [4.78, 5) is 19.1. The molecule has 0 bridgehead atoms. The number of pyridine rings is 1. The van der Waals surface area contributed by atoms with Gasteiger partial charge in [0.2, 0.25) is 0 Å². The minimum absolute atomic E-state index is 0.0472. The van der Waals surface area contributed by atoms with Crippen molar-refractivity contribution in [3.8, 4) is 0 Å². The van der Waals surface area contributed by atoms with Crippen LogP contribution in [-0.4, -0.2) is 26.4 Å². The molecule has 1 saturated carbocycles. The number of anilines is 1. The van der Waals surface area contributed by atoms with E-state index in [-0.39, 0.29) is 6.03 Å². The van der Waals surface area contributed by atoms with Gasteiger partial charge in [0.25, 0.3) is 0 Å². The van der Waals surface area contributed by atoms with Gasteiger partial charge in [-0.3, -0.25) is 0 Å². The van der Waals surface area contributed by atoms with Crippen molar-refractivity contribution in [2.45, 2.75) is 32.4 Å². The Morgan fingerprint density at radius 3 is 2.96 bits per heavy atom. The number of hydrogen-bond donors (Lipinski definition) is 1. The molecular formula is C19H20N4O. The summed E-state index contributed by atoms with van der Waals surface area (Å²) in [6, 6.07) is 14.1. The standard InChI is InChI=1S/C19H20N4O/c1-14-5-4-6-15(11-14)21-19(24)23(16-8-9-16)13-17-12-20-18-7-2-3-10-22(17)18/h2-7,10-12,16H,8-9,13H2,1H3,(H,21,24). The van der Waals surface area contributed by atoms with Crippen molar-refractivity contribution in [1.29, 1.82) is 0 Å². The quantitative estimate of drug-likeness (QED) is 0.794. The van der Waals surface area contributed by atoms with Gasteiger partial charge in [-0.1, -0.05) is 18.2 Å². The number of amides is 2. The molecule has 0 saturated heterocycles. The summed E-state index contributed by atoms with van der Waals surface area (Å²) in [6.45, 7) is 2.58. The maximum absolute atomic E-state index is 12.8. The van der Waals surface area contributed by atoms with E-state index in [1.165, 1.54) is 0 Å². The molecule has 1 aliphatic carbocycles. The van der Waals surface area contributed by atoms with Crippen LogP contribution in [0.2, 0.25) is 0 Å². The van der Waals surface area contributed by atoms with Gasteiger partial charge in [0.1, 0.15) is 5.65 Å². The Labute approximate surface area is 140 Å². The average molecular weight is 320 g/mol. The fourth-order valence-electron chi connectivity index (χ4n) is 2.95. The molecule has 0 unspecified atom stereocenters. The summed E-state index contributed by atoms with van der Waals surface area (Å²) in [5.74, 6) is 0. The molecule has 1 N–H and O–H groups in total. The second-order valence-electron chi connectivity index (χ2n) is 6.34. The van der Waals surface area contributed by atoms with Crippen molar-refractivity contribution in [2.75, 3.05) is 5.32 Å². The maximum Gasteiger partial charge on any atom is 0.322 e. The zero-order chi connectivity index (χ0) is 16.5. The minimum Gasteiger partial charge on any atom is -0.316 e. The van der Waals surface area contributed by atoms with Crippen molar-refractivity contribution in [2.24, 2.45) is 0 Å². The van der Waals surface area contributed by atoms with Gasteiger partial charge < -0.3 is 14.6 Å². The normalized spacial score (nSPS) is 13.9. The number of benzene rings is 1. The predicted octanol–water partition coefficient (Wildman–Crippen LogP) is 3.84. The van der Waals surface area contributed by atoms with Gasteiger partial charge in [-0.15, -0.1) is 0 Å². The van der Waals surface area contributed by atoms with Crippen LogP contribution in [0.5, 0.6) is 0 Å². The molecule has 24 heavy (non-hydrogen) atoms. The number of carbonyl (C=O) groups excluding carboxylic acids is 1. The molecule has 5 nitrogen and oxygen atoms in total. The molecule has 4 rings (SSSR count). The van der Waals surface area contributed by atoms with Gasteiger partial charge in [-0.25, -0.2) is 9.78 Å². The lowest BCUT2D eigenvalue weighted by Gasteiger charge is -2.22. The third-order valence-corrected chi connectivity index (χ3v) is 4.34. The molecule has 0 radical (unpaired) electrons. The van der Waals surface area contributed by atoms with E-state index in [1.54, 1.807) is 0 Å². The Kier molecular flexibility index (Phi) is 3.69. The highest BCUT2D eigenvalue weighted by molar-refractivity contribution is 5.89. The Balaban J connectivity index is 1.55. The fourth-order valence-corrected chi connectivity index (χ4v) is 2.95. The highest BCUT2D eigenvalue weighted by atomic mass is 16.2. The van der Waals surface area contributed by atoms with Gasteiger partial charge in [-0.2, -0.15) is 0 Å². The summed E-state index contributed by atoms with van der Waals surface area (Å²) in [6.07, 6.45) is 5.97. The van der Waals surface area contributed by atoms with Crippen molar-refractivity contribution in [3.63, 3.8) is 0 Å². The van der Waals surface area contributed by atoms with Crippen LogP contribution in [0.4, 0.5) is 10.5 Å². The molecule has 1 aliphatic rings. The van der Waals surface area contributed by atoms with Crippen molar-refractivity contribution >= 4 is 17.4 Å². The molecule has 2 heterocycles. The summed E-state index contributed by atoms with van der Waals surface area (Å²) in [5, 5.41) is 3.02. The topological polar surface area (TPSA) is 49.6 Å². The largest absolute Gasteiger partial charge is 0.322 e. The predicted molar refractivity (Wildman–Crippen MR) is 94.0 cm³/mol. The van der Waals surface area contributed by atoms with Crippen LogP contribution in [0.25, 0.3) is 5.65 Å². The number of nitrogens with one attached hydrogen (secondary N) is 1. The molecule has 2 aromatic heterocycles. The van der Waals surface area contributed by atoms with E-state index in [0.717, 1.165) is 35.4 Å². The highest BCUT2D eigenvalue weighted by Gasteiger charge is 2.33. The molecule has 3 aromatic rings. The Hall–Kier alpha value is -2.82. The smallest absolute Gasteiger partial charge is 0.316 e. The summed E-state index contributed by atoms with van der Waals surface area (Å²) >= 11 is 0. The number of aromatic nitrogens is 2. The lowest BCUT2D eigenvalue weighted by atomic mass is 10.2. The van der Waals surface area contributed by atoms with Gasteiger partial charge >= 0.3 is 6.03 Å². The van der Waals surface area contributed by atoms with Crippen molar-refractivity contribution in [1.82, 2.24) is 14.3 Å². The number of rotatable bonds is 4. The molecule has 2 amide bonds. The molecule has 1 aromatic carbocycles. The lowest BCUT2D eigenvalue weighted by molar-refractivity contribution is 0.205. The molecular weight excluding hydrogens is 300 g/mol. The number of hydrogen-bond acceptors (Lipinski definition) is 2. The monoisotopic (exact) mass is 320 g/mol. The summed E-state index contributed by atoms with van der Waals surface area (Å²) in [5.41, 5.74) is 3.90. The number of nitrogens with zero attached hydrogens (tertiary/aromatic N) is 3. The Bertz CT molecular complexity index is 882. The van der Waals surface area contributed by atoms with Gasteiger partial charge in [0.05, 0.1) is 18.4 Å². The van der Waals surface area contributed by atoms with Gasteiger partial charge in [0.15, 0.2) is 0 Å². The van der Waals surface area contributed by atoms with E-state index in [4.69, 9.17) is 0 Å². The van der Waals surface area contributed by atoms with Crippen LogP contribution in [0, 0.1) is 6.92 Å². The third kappa shape index (κ3) is 2.97.